The minimum atomic E-state index is -0.256. The van der Waals surface area contributed by atoms with Crippen molar-refractivity contribution in [1.82, 2.24) is 4.98 Å². The van der Waals surface area contributed by atoms with Crippen molar-refractivity contribution in [2.24, 2.45) is 0 Å². The first-order valence-corrected chi connectivity index (χ1v) is 11.1. The summed E-state index contributed by atoms with van der Waals surface area (Å²) in [6.07, 6.45) is 18.1. The zero-order valence-electron chi connectivity index (χ0n) is 17.4. The van der Waals surface area contributed by atoms with Crippen molar-refractivity contribution in [2.75, 3.05) is 0 Å². The van der Waals surface area contributed by atoms with Crippen LogP contribution in [0.15, 0.2) is 27.4 Å². The minimum Gasteiger partial charge on any atom is -0.408 e. The first kappa shape index (κ1) is 21.7. The van der Waals surface area contributed by atoms with E-state index in [1.807, 2.05) is 25.1 Å². The van der Waals surface area contributed by atoms with E-state index in [2.05, 4.69) is 11.9 Å². The van der Waals surface area contributed by atoms with Gasteiger partial charge in [-0.05, 0) is 25.5 Å². The lowest BCUT2D eigenvalue weighted by molar-refractivity contribution is 0.433. The lowest BCUT2D eigenvalue weighted by Crippen LogP contribution is -2.05. The fourth-order valence-electron chi connectivity index (χ4n) is 3.63. The van der Waals surface area contributed by atoms with Crippen LogP contribution in [0, 0.1) is 6.92 Å². The Bertz CT molecular complexity index is 720. The standard InChI is InChI=1S/C24H37NO2/c1-3-4-5-6-7-8-9-10-11-12-13-14-15-16-23-25-22-18-17-20(2)19-21(22)24(26)27-23/h17-19H,3-16H2,1-2H3. The second-order valence-corrected chi connectivity index (χ2v) is 7.91. The van der Waals surface area contributed by atoms with Crippen molar-refractivity contribution < 1.29 is 4.42 Å². The summed E-state index contributed by atoms with van der Waals surface area (Å²) >= 11 is 0. The number of nitrogens with zero attached hydrogens (tertiary/aromatic N) is 1. The van der Waals surface area contributed by atoms with Crippen molar-refractivity contribution in [1.29, 1.82) is 0 Å². The largest absolute Gasteiger partial charge is 0.408 e. The van der Waals surface area contributed by atoms with Gasteiger partial charge in [-0.15, -0.1) is 0 Å². The average Bonchev–Trinajstić information content (AvgIpc) is 2.66. The van der Waals surface area contributed by atoms with Gasteiger partial charge in [-0.1, -0.05) is 95.6 Å². The Kier molecular flexibility index (Phi) is 10.2. The molecule has 0 saturated heterocycles. The molecule has 2 aromatic rings. The summed E-state index contributed by atoms with van der Waals surface area (Å²) in [6.45, 7) is 4.25. The number of hydrogen-bond acceptors (Lipinski definition) is 3. The van der Waals surface area contributed by atoms with E-state index in [0.717, 1.165) is 23.9 Å². The molecule has 0 fully saturated rings. The highest BCUT2D eigenvalue weighted by atomic mass is 16.4. The van der Waals surface area contributed by atoms with Gasteiger partial charge in [0.05, 0.1) is 10.9 Å². The van der Waals surface area contributed by atoms with Crippen molar-refractivity contribution >= 4 is 10.9 Å². The minimum absolute atomic E-state index is 0.256. The third kappa shape index (κ3) is 8.28. The summed E-state index contributed by atoms with van der Waals surface area (Å²) in [5.41, 5.74) is 1.55. The maximum atomic E-state index is 12.1. The van der Waals surface area contributed by atoms with Crippen LogP contribution in [0.1, 0.15) is 102 Å². The highest BCUT2D eigenvalue weighted by Crippen LogP contribution is 2.14. The number of unbranched alkanes of at least 4 members (excludes halogenated alkanes) is 12. The molecule has 2 rings (SSSR count). The van der Waals surface area contributed by atoms with Crippen LogP contribution in [0.2, 0.25) is 0 Å². The number of aromatic nitrogens is 1. The molecule has 1 aromatic carbocycles. The molecule has 0 unspecified atom stereocenters. The third-order valence-electron chi connectivity index (χ3n) is 5.32. The second-order valence-electron chi connectivity index (χ2n) is 7.91. The Hall–Kier alpha value is -1.64. The molecule has 3 nitrogen and oxygen atoms in total. The fraction of sp³-hybridized carbons (Fsp3) is 0.667. The molecule has 0 aliphatic rings. The molecule has 27 heavy (non-hydrogen) atoms. The number of aryl methyl sites for hydroxylation is 2. The Morgan fingerprint density at radius 3 is 1.96 bits per heavy atom. The van der Waals surface area contributed by atoms with Crippen LogP contribution in [-0.4, -0.2) is 4.98 Å². The van der Waals surface area contributed by atoms with Crippen molar-refractivity contribution in [3.63, 3.8) is 0 Å². The molecule has 0 bridgehead atoms. The third-order valence-corrected chi connectivity index (χ3v) is 5.32. The van der Waals surface area contributed by atoms with Gasteiger partial charge in [0.15, 0.2) is 5.89 Å². The summed E-state index contributed by atoms with van der Waals surface area (Å²) in [6, 6.07) is 5.75. The summed E-state index contributed by atoms with van der Waals surface area (Å²) < 4.78 is 5.39. The summed E-state index contributed by atoms with van der Waals surface area (Å²) in [5.74, 6) is 0.583. The molecule has 0 aliphatic carbocycles. The van der Waals surface area contributed by atoms with Gasteiger partial charge in [-0.3, -0.25) is 0 Å². The molecule has 0 amide bonds. The Morgan fingerprint density at radius 2 is 1.37 bits per heavy atom. The van der Waals surface area contributed by atoms with Crippen LogP contribution < -0.4 is 5.63 Å². The second kappa shape index (κ2) is 12.7. The van der Waals surface area contributed by atoms with Gasteiger partial charge in [0.2, 0.25) is 0 Å². The quantitative estimate of drug-likeness (QED) is 0.332. The highest BCUT2D eigenvalue weighted by molar-refractivity contribution is 5.77. The molecular formula is C24H37NO2. The number of benzene rings is 1. The normalized spacial score (nSPS) is 11.3. The lowest BCUT2D eigenvalue weighted by atomic mass is 10.0. The monoisotopic (exact) mass is 371 g/mol. The van der Waals surface area contributed by atoms with Gasteiger partial charge in [0.25, 0.3) is 0 Å². The average molecular weight is 372 g/mol. The van der Waals surface area contributed by atoms with E-state index < -0.39 is 0 Å². The lowest BCUT2D eigenvalue weighted by Gasteiger charge is -2.04. The number of hydrogen-bond donors (Lipinski definition) is 0. The summed E-state index contributed by atoms with van der Waals surface area (Å²) in [7, 11) is 0. The Balaban J connectivity index is 1.53. The first-order valence-electron chi connectivity index (χ1n) is 11.1. The van der Waals surface area contributed by atoms with Crippen LogP contribution >= 0.6 is 0 Å². The van der Waals surface area contributed by atoms with Crippen molar-refractivity contribution in [3.05, 3.63) is 40.1 Å². The van der Waals surface area contributed by atoms with E-state index in [4.69, 9.17) is 4.42 Å². The maximum Gasteiger partial charge on any atom is 0.346 e. The van der Waals surface area contributed by atoms with E-state index in [1.54, 1.807) is 0 Å². The van der Waals surface area contributed by atoms with Crippen LogP contribution in [0.25, 0.3) is 10.9 Å². The highest BCUT2D eigenvalue weighted by Gasteiger charge is 2.06. The summed E-state index contributed by atoms with van der Waals surface area (Å²) in [4.78, 5) is 16.6. The zero-order chi connectivity index (χ0) is 19.3. The van der Waals surface area contributed by atoms with Crippen LogP contribution in [0.5, 0.6) is 0 Å². The molecular weight excluding hydrogens is 334 g/mol. The summed E-state index contributed by atoms with van der Waals surface area (Å²) in [5, 5.41) is 0.587. The van der Waals surface area contributed by atoms with Gasteiger partial charge in [0.1, 0.15) is 0 Å². The van der Waals surface area contributed by atoms with Gasteiger partial charge in [-0.25, -0.2) is 9.78 Å². The molecule has 1 heterocycles. The van der Waals surface area contributed by atoms with Gasteiger partial charge in [-0.2, -0.15) is 0 Å². The molecule has 0 atom stereocenters. The topological polar surface area (TPSA) is 43.1 Å². The fourth-order valence-corrected chi connectivity index (χ4v) is 3.63. The van der Waals surface area contributed by atoms with E-state index in [1.165, 1.54) is 77.0 Å². The van der Waals surface area contributed by atoms with Crippen LogP contribution in [0.4, 0.5) is 0 Å². The smallest absolute Gasteiger partial charge is 0.346 e. The van der Waals surface area contributed by atoms with Gasteiger partial charge < -0.3 is 4.42 Å². The van der Waals surface area contributed by atoms with E-state index >= 15 is 0 Å². The molecule has 0 radical (unpaired) electrons. The molecule has 0 spiro atoms. The van der Waals surface area contributed by atoms with Crippen molar-refractivity contribution in [3.8, 4) is 0 Å². The van der Waals surface area contributed by atoms with Crippen LogP contribution in [0.3, 0.4) is 0 Å². The maximum absolute atomic E-state index is 12.1. The molecule has 0 N–H and O–H groups in total. The number of fused-ring (bicyclic) bond motifs is 1. The Labute approximate surface area is 164 Å². The first-order chi connectivity index (χ1) is 13.2. The molecule has 1 aromatic heterocycles. The van der Waals surface area contributed by atoms with Crippen molar-refractivity contribution in [2.45, 2.75) is 104 Å². The van der Waals surface area contributed by atoms with E-state index in [-0.39, 0.29) is 5.63 Å². The van der Waals surface area contributed by atoms with Gasteiger partial charge >= 0.3 is 5.63 Å². The van der Waals surface area contributed by atoms with E-state index in [0.29, 0.717) is 11.3 Å². The Morgan fingerprint density at radius 1 is 0.815 bits per heavy atom. The van der Waals surface area contributed by atoms with Gasteiger partial charge in [0, 0.05) is 6.42 Å². The van der Waals surface area contributed by atoms with Crippen LogP contribution in [-0.2, 0) is 6.42 Å². The molecule has 3 heteroatoms. The molecule has 150 valence electrons. The predicted octanol–water partition coefficient (Wildman–Crippen LogP) is 7.13. The van der Waals surface area contributed by atoms with E-state index in [9.17, 15) is 4.79 Å². The molecule has 0 aliphatic heterocycles. The predicted molar refractivity (Wildman–Crippen MR) is 114 cm³/mol. The molecule has 0 saturated carbocycles. The SMILES string of the molecule is CCCCCCCCCCCCCCCc1nc2ccc(C)cc2c(=O)o1. The number of rotatable bonds is 14. The zero-order valence-corrected chi connectivity index (χ0v) is 17.4.